The summed E-state index contributed by atoms with van der Waals surface area (Å²) < 4.78 is 59.3. The first-order valence-corrected chi connectivity index (χ1v) is 11.9. The number of hydrogen-bond acceptors (Lipinski definition) is 6. The fourth-order valence-electron chi connectivity index (χ4n) is 2.46. The molecule has 11 heteroatoms. The Balaban J connectivity index is 1.77. The first-order chi connectivity index (χ1) is 14.2. The molecule has 0 spiro atoms. The van der Waals surface area contributed by atoms with Gasteiger partial charge in [-0.3, -0.25) is 9.71 Å². The molecule has 0 fully saturated rings. The van der Waals surface area contributed by atoms with Crippen LogP contribution in [0.15, 0.2) is 76.7 Å². The maximum absolute atomic E-state index is 12.7. The Bertz CT molecular complexity index is 1250. The Morgan fingerprint density at radius 1 is 0.933 bits per heavy atom. The molecule has 1 heterocycles. The lowest BCUT2D eigenvalue weighted by atomic mass is 10.3. The van der Waals surface area contributed by atoms with Gasteiger partial charge in [0.2, 0.25) is 10.0 Å². The van der Waals surface area contributed by atoms with Crippen LogP contribution in [0.25, 0.3) is 0 Å². The van der Waals surface area contributed by atoms with Crippen LogP contribution in [0, 0.1) is 0 Å². The monoisotopic (exact) mass is 467 g/mol. The van der Waals surface area contributed by atoms with E-state index in [0.29, 0.717) is 5.75 Å². The molecule has 0 bridgehead atoms. The van der Waals surface area contributed by atoms with Crippen molar-refractivity contribution in [2.45, 2.75) is 16.4 Å². The molecule has 3 rings (SSSR count). The van der Waals surface area contributed by atoms with Crippen molar-refractivity contribution in [2.24, 2.45) is 0 Å². The van der Waals surface area contributed by atoms with Crippen molar-refractivity contribution in [1.82, 2.24) is 9.71 Å². The molecule has 0 atom stereocenters. The van der Waals surface area contributed by atoms with Crippen molar-refractivity contribution in [1.29, 1.82) is 0 Å². The highest BCUT2D eigenvalue weighted by Gasteiger charge is 2.19. The summed E-state index contributed by atoms with van der Waals surface area (Å²) in [4.78, 5) is 3.78. The van der Waals surface area contributed by atoms with Crippen LogP contribution >= 0.6 is 11.6 Å². The van der Waals surface area contributed by atoms with E-state index in [9.17, 15) is 16.8 Å². The van der Waals surface area contributed by atoms with Crippen LogP contribution in [-0.2, 0) is 26.7 Å². The van der Waals surface area contributed by atoms with Crippen LogP contribution in [0.2, 0.25) is 5.02 Å². The van der Waals surface area contributed by atoms with Gasteiger partial charge >= 0.3 is 0 Å². The van der Waals surface area contributed by atoms with Crippen LogP contribution < -0.4 is 14.2 Å². The molecule has 1 aromatic heterocycles. The average Bonchev–Trinajstić information content (AvgIpc) is 2.74. The van der Waals surface area contributed by atoms with Crippen molar-refractivity contribution in [3.05, 3.63) is 77.6 Å². The minimum Gasteiger partial charge on any atom is -0.486 e. The zero-order valence-corrected chi connectivity index (χ0v) is 18.1. The fourth-order valence-corrected chi connectivity index (χ4v) is 4.64. The van der Waals surface area contributed by atoms with Gasteiger partial charge in [0.1, 0.15) is 12.4 Å². The van der Waals surface area contributed by atoms with Crippen molar-refractivity contribution < 1.29 is 21.6 Å². The molecular formula is C19H18ClN3O5S2. The molecule has 0 aliphatic heterocycles. The van der Waals surface area contributed by atoms with Gasteiger partial charge in [-0.25, -0.2) is 21.6 Å². The number of aromatic nitrogens is 1. The number of pyridine rings is 1. The van der Waals surface area contributed by atoms with Crippen molar-refractivity contribution in [2.75, 3.05) is 11.8 Å². The van der Waals surface area contributed by atoms with Crippen molar-refractivity contribution >= 4 is 37.3 Å². The van der Waals surface area contributed by atoms with E-state index in [1.165, 1.54) is 43.4 Å². The van der Waals surface area contributed by atoms with E-state index >= 15 is 0 Å². The first-order valence-electron chi connectivity index (χ1n) is 8.60. The summed E-state index contributed by atoms with van der Waals surface area (Å²) in [6, 6.07) is 14.9. The molecule has 0 aliphatic rings. The summed E-state index contributed by atoms with van der Waals surface area (Å²) in [5.41, 5.74) is 0.918. The predicted molar refractivity (Wildman–Crippen MR) is 114 cm³/mol. The van der Waals surface area contributed by atoms with E-state index in [1.54, 1.807) is 18.3 Å². The normalized spacial score (nSPS) is 11.8. The molecule has 8 nitrogen and oxygen atoms in total. The number of rotatable bonds is 8. The van der Waals surface area contributed by atoms with Crippen molar-refractivity contribution in [3.63, 3.8) is 0 Å². The molecular weight excluding hydrogens is 450 g/mol. The standard InChI is InChI=1S/C19H18ClN3O5S2/c1-21-29(24,25)16-6-4-7-17(12-16)30(26,27)23-14-8-9-19(18(20)11-14)28-13-15-5-2-3-10-22-15/h2-12,21,23H,13H2,1H3. The average molecular weight is 468 g/mol. The Kier molecular flexibility index (Phi) is 6.61. The van der Waals surface area contributed by atoms with Crippen molar-refractivity contribution in [3.8, 4) is 5.75 Å². The molecule has 3 aromatic rings. The summed E-state index contributed by atoms with van der Waals surface area (Å²) in [6.45, 7) is 0.207. The number of anilines is 1. The van der Waals surface area contributed by atoms with Gasteiger partial charge in [-0.15, -0.1) is 0 Å². The number of ether oxygens (including phenoxy) is 1. The number of sulfonamides is 2. The number of nitrogens with zero attached hydrogens (tertiary/aromatic N) is 1. The largest absolute Gasteiger partial charge is 0.486 e. The van der Waals surface area contributed by atoms with E-state index in [1.807, 2.05) is 6.07 Å². The number of nitrogens with one attached hydrogen (secondary N) is 2. The number of hydrogen-bond donors (Lipinski definition) is 2. The second-order valence-electron chi connectivity index (χ2n) is 6.04. The zero-order valence-electron chi connectivity index (χ0n) is 15.7. The fraction of sp³-hybridized carbons (Fsp3) is 0.105. The van der Waals surface area contributed by atoms with Crippen LogP contribution in [0.4, 0.5) is 5.69 Å². The van der Waals surface area contributed by atoms with E-state index in [0.717, 1.165) is 11.8 Å². The Labute approximate surface area is 180 Å². The number of benzene rings is 2. The third kappa shape index (κ3) is 5.28. The lowest BCUT2D eigenvalue weighted by Gasteiger charge is -2.12. The van der Waals surface area contributed by atoms with Crippen LogP contribution in [0.5, 0.6) is 5.75 Å². The third-order valence-corrected chi connectivity index (χ3v) is 7.07. The molecule has 2 N–H and O–H groups in total. The lowest BCUT2D eigenvalue weighted by Crippen LogP contribution is -2.19. The second kappa shape index (κ2) is 9.00. The molecule has 0 saturated heterocycles. The van der Waals surface area contributed by atoms with Crippen LogP contribution in [-0.4, -0.2) is 28.9 Å². The highest BCUT2D eigenvalue weighted by atomic mass is 35.5. The van der Waals surface area contributed by atoms with Gasteiger partial charge < -0.3 is 4.74 Å². The maximum Gasteiger partial charge on any atom is 0.261 e. The molecule has 0 amide bonds. The van der Waals surface area contributed by atoms with E-state index in [4.69, 9.17) is 16.3 Å². The van der Waals surface area contributed by atoms with Crippen LogP contribution in [0.3, 0.4) is 0 Å². The first kappa shape index (κ1) is 22.0. The summed E-state index contributed by atoms with van der Waals surface area (Å²) >= 11 is 6.21. The molecule has 30 heavy (non-hydrogen) atoms. The van der Waals surface area contributed by atoms with Gasteiger partial charge in [0.25, 0.3) is 10.0 Å². The summed E-state index contributed by atoms with van der Waals surface area (Å²) in [6.07, 6.45) is 1.65. The topological polar surface area (TPSA) is 114 Å². The van der Waals surface area contributed by atoms with Gasteiger partial charge in [0.05, 0.1) is 26.2 Å². The zero-order chi connectivity index (χ0) is 21.8. The third-order valence-electron chi connectivity index (χ3n) is 3.98. The van der Waals surface area contributed by atoms with Gasteiger partial charge in [0, 0.05) is 6.20 Å². The van der Waals surface area contributed by atoms with Gasteiger partial charge in [-0.2, -0.15) is 0 Å². The van der Waals surface area contributed by atoms with Crippen LogP contribution in [0.1, 0.15) is 5.69 Å². The highest BCUT2D eigenvalue weighted by molar-refractivity contribution is 7.93. The Morgan fingerprint density at radius 2 is 1.67 bits per heavy atom. The highest BCUT2D eigenvalue weighted by Crippen LogP contribution is 2.29. The Hall–Kier alpha value is -2.66. The summed E-state index contributed by atoms with van der Waals surface area (Å²) in [5.74, 6) is 0.368. The lowest BCUT2D eigenvalue weighted by molar-refractivity contribution is 0.301. The molecule has 0 radical (unpaired) electrons. The molecule has 158 valence electrons. The molecule has 2 aromatic carbocycles. The maximum atomic E-state index is 12.7. The molecule has 0 saturated carbocycles. The second-order valence-corrected chi connectivity index (χ2v) is 10.0. The minimum absolute atomic E-state index is 0.163. The quantitative estimate of drug-likeness (QED) is 0.526. The predicted octanol–water partition coefficient (Wildman–Crippen LogP) is 3.02. The summed E-state index contributed by atoms with van der Waals surface area (Å²) in [5, 5.41) is 0.206. The van der Waals surface area contributed by atoms with E-state index in [-0.39, 0.29) is 27.1 Å². The smallest absolute Gasteiger partial charge is 0.261 e. The van der Waals surface area contributed by atoms with Gasteiger partial charge in [-0.05, 0) is 55.6 Å². The molecule has 0 unspecified atom stereocenters. The van der Waals surface area contributed by atoms with E-state index < -0.39 is 20.0 Å². The van der Waals surface area contributed by atoms with Gasteiger partial charge in [0.15, 0.2) is 0 Å². The minimum atomic E-state index is -4.04. The SMILES string of the molecule is CNS(=O)(=O)c1cccc(S(=O)(=O)Nc2ccc(OCc3ccccn3)c(Cl)c2)c1. The van der Waals surface area contributed by atoms with Gasteiger partial charge in [-0.1, -0.05) is 23.7 Å². The summed E-state index contributed by atoms with van der Waals surface area (Å²) in [7, 11) is -6.58. The Morgan fingerprint density at radius 3 is 2.30 bits per heavy atom. The number of halogens is 1. The van der Waals surface area contributed by atoms with E-state index in [2.05, 4.69) is 14.4 Å². The molecule has 0 aliphatic carbocycles.